The summed E-state index contributed by atoms with van der Waals surface area (Å²) in [6.45, 7) is 0. The van der Waals surface area contributed by atoms with Crippen LogP contribution in [0.25, 0.3) is 0 Å². The Bertz CT molecular complexity index is 6.00. The van der Waals surface area contributed by atoms with Gasteiger partial charge in [-0.2, -0.15) is 0 Å². The van der Waals surface area contributed by atoms with Gasteiger partial charge in [0.2, 0.25) is 0 Å². The summed E-state index contributed by atoms with van der Waals surface area (Å²) in [6.07, 6.45) is 0. The Morgan fingerprint density at radius 2 is 1.25 bits per heavy atom. The molecule has 32 valence electrons. The van der Waals surface area contributed by atoms with Crippen molar-refractivity contribution in [3.63, 3.8) is 0 Å². The first kappa shape index (κ1) is 8.89. The quantitative estimate of drug-likeness (QED) is 0.459. The van der Waals surface area contributed by atoms with Crippen molar-refractivity contribution in [2.45, 2.75) is 0 Å². The van der Waals surface area contributed by atoms with Crippen molar-refractivity contribution in [3.8, 4) is 0 Å². The molecule has 0 aromatic heterocycles. The average molecular weight is 150 g/mol. The molecule has 0 aromatic carbocycles. The van der Waals surface area contributed by atoms with Crippen molar-refractivity contribution in [1.82, 2.24) is 0 Å². The van der Waals surface area contributed by atoms with E-state index in [9.17, 15) is 0 Å². The summed E-state index contributed by atoms with van der Waals surface area (Å²) in [5, 5.41) is 0. The molecule has 4 heteroatoms. The van der Waals surface area contributed by atoms with Crippen LogP contribution in [0.15, 0.2) is 0 Å². The molecule has 0 aliphatic carbocycles. The zero-order valence-electron chi connectivity index (χ0n) is 1.48. The third-order valence-corrected chi connectivity index (χ3v) is 0. The Hall–Kier alpha value is 1.00. The Balaban J connectivity index is 0. The first-order valence-electron chi connectivity index (χ1n) is 0.239. The zero-order chi connectivity index (χ0) is 2.71. The predicted octanol–water partition coefficient (Wildman–Crippen LogP) is 1.53. The molecule has 0 nitrogen and oxygen atoms in total. The number of halogens is 3. The van der Waals surface area contributed by atoms with E-state index in [4.69, 9.17) is 20.4 Å². The van der Waals surface area contributed by atoms with Gasteiger partial charge in [0.15, 0.2) is 0 Å². The van der Waals surface area contributed by atoms with Crippen LogP contribution in [0.3, 0.4) is 0 Å². The van der Waals surface area contributed by atoms with E-state index in [0.717, 1.165) is 0 Å². The van der Waals surface area contributed by atoms with E-state index in [1.807, 2.05) is 0 Å². The van der Waals surface area contributed by atoms with Gasteiger partial charge in [-0.1, -0.05) is 0 Å². The summed E-state index contributed by atoms with van der Waals surface area (Å²) in [4.78, 5) is 0. The third-order valence-electron chi connectivity index (χ3n) is 0. The Morgan fingerprint density at radius 1 is 1.25 bits per heavy atom. The first-order chi connectivity index (χ1) is 1.41. The van der Waals surface area contributed by atoms with Gasteiger partial charge in [0, 0.05) is 0 Å². The van der Waals surface area contributed by atoms with Crippen molar-refractivity contribution in [2.75, 3.05) is 0 Å². The predicted molar refractivity (Wildman–Crippen MR) is 14.2 cm³/mol. The SMILES string of the molecule is F.[Cl][Ni][Cl]. The van der Waals surface area contributed by atoms with E-state index in [1.165, 1.54) is 0 Å². The molecule has 0 N–H and O–H groups in total. The van der Waals surface area contributed by atoms with Crippen LogP contribution in [-0.4, -0.2) is 0 Å². The number of hydrogen-bond acceptors (Lipinski definition) is 0. The molecular formula is HCl2FNi. The van der Waals surface area contributed by atoms with E-state index in [1.54, 1.807) is 0 Å². The van der Waals surface area contributed by atoms with E-state index < -0.39 is 0 Å². The molecule has 0 saturated carbocycles. The molecule has 0 aliphatic heterocycles. The Kier molecular flexibility index (Phi) is 20.0. The van der Waals surface area contributed by atoms with Crippen LogP contribution >= 0.6 is 20.4 Å². The normalized spacial score (nSPS) is 5.50. The molecule has 0 bridgehead atoms. The van der Waals surface area contributed by atoms with Gasteiger partial charge < -0.3 is 0 Å². The molecule has 0 unspecified atom stereocenters. The zero-order valence-corrected chi connectivity index (χ0v) is 3.98. The molecule has 0 rings (SSSR count). The fourth-order valence-electron chi connectivity index (χ4n) is 0. The second kappa shape index (κ2) is 9.00. The van der Waals surface area contributed by atoms with E-state index in [0.29, 0.717) is 12.7 Å². The van der Waals surface area contributed by atoms with Gasteiger partial charge in [-0.05, 0) is 0 Å². The average Bonchev–Trinajstić information content (AvgIpc) is 0.918. The summed E-state index contributed by atoms with van der Waals surface area (Å²) in [5.41, 5.74) is 0. The Morgan fingerprint density at radius 3 is 1.25 bits per heavy atom. The maximum atomic E-state index is 4.70. The van der Waals surface area contributed by atoms with Gasteiger partial charge in [-0.15, -0.1) is 0 Å². The van der Waals surface area contributed by atoms with Gasteiger partial charge in [-0.25, -0.2) is 0 Å². The van der Waals surface area contributed by atoms with Gasteiger partial charge in [0.25, 0.3) is 0 Å². The van der Waals surface area contributed by atoms with E-state index >= 15 is 0 Å². The molecule has 0 heterocycles. The minimum absolute atomic E-state index is 0. The molecular weight excluding hydrogens is 149 g/mol. The van der Waals surface area contributed by atoms with Crippen molar-refractivity contribution in [2.24, 2.45) is 0 Å². The van der Waals surface area contributed by atoms with Gasteiger partial charge in [0.05, 0.1) is 0 Å². The third kappa shape index (κ3) is 12.0. The summed E-state index contributed by atoms with van der Waals surface area (Å²) in [6, 6.07) is 0. The van der Waals surface area contributed by atoms with Crippen LogP contribution in [0, 0.1) is 0 Å². The van der Waals surface area contributed by atoms with Crippen LogP contribution in [0.1, 0.15) is 0 Å². The minimum atomic E-state index is 0. The molecule has 0 saturated heterocycles. The second-order valence-electron chi connectivity index (χ2n) is 0.0452. The maximum absolute atomic E-state index is 4.70. The van der Waals surface area contributed by atoms with Crippen molar-refractivity contribution in [3.05, 3.63) is 0 Å². The molecule has 0 amide bonds. The molecule has 0 spiro atoms. The fraction of sp³-hybridized carbons (Fsp3) is 0. The monoisotopic (exact) mass is 148 g/mol. The summed E-state index contributed by atoms with van der Waals surface area (Å²) >= 11 is 0.569. The fourth-order valence-corrected chi connectivity index (χ4v) is 0. The molecule has 0 aliphatic rings. The van der Waals surface area contributed by atoms with Gasteiger partial charge >= 0.3 is 33.0 Å². The van der Waals surface area contributed by atoms with Gasteiger partial charge in [0.1, 0.15) is 0 Å². The van der Waals surface area contributed by atoms with Crippen LogP contribution in [0.2, 0.25) is 0 Å². The topological polar surface area (TPSA) is 0 Å². The summed E-state index contributed by atoms with van der Waals surface area (Å²) < 4.78 is 0. The molecule has 0 fully saturated rings. The first-order valence-corrected chi connectivity index (χ1v) is 2.96. The number of rotatable bonds is 0. The van der Waals surface area contributed by atoms with Crippen LogP contribution in [0.4, 0.5) is 4.70 Å². The van der Waals surface area contributed by atoms with Crippen molar-refractivity contribution >= 4 is 20.4 Å². The van der Waals surface area contributed by atoms with Crippen molar-refractivity contribution in [1.29, 1.82) is 0 Å². The van der Waals surface area contributed by atoms with Crippen LogP contribution in [-0.2, 0) is 12.7 Å². The summed E-state index contributed by atoms with van der Waals surface area (Å²) in [7, 11) is 9.40. The van der Waals surface area contributed by atoms with Crippen molar-refractivity contribution < 1.29 is 17.4 Å². The molecule has 0 radical (unpaired) electrons. The summed E-state index contributed by atoms with van der Waals surface area (Å²) in [5.74, 6) is 0. The molecule has 0 aromatic rings. The van der Waals surface area contributed by atoms with Crippen LogP contribution in [0.5, 0.6) is 0 Å². The molecule has 0 atom stereocenters. The Labute approximate surface area is 38.2 Å². The van der Waals surface area contributed by atoms with E-state index in [2.05, 4.69) is 0 Å². The van der Waals surface area contributed by atoms with E-state index in [-0.39, 0.29) is 4.70 Å². The standard InChI is InChI=1S/2ClH.FH.Ni/h3*1H;/q;;;+2/p-2. The van der Waals surface area contributed by atoms with Gasteiger partial charge in [-0.3, -0.25) is 4.70 Å². The molecule has 4 heavy (non-hydrogen) atoms. The van der Waals surface area contributed by atoms with Crippen LogP contribution < -0.4 is 0 Å². The number of hydrogen-bond donors (Lipinski definition) is 0. The second-order valence-corrected chi connectivity index (χ2v) is 1.68.